The highest BCUT2D eigenvalue weighted by Gasteiger charge is 2.10. The van der Waals surface area contributed by atoms with Crippen molar-refractivity contribution in [2.45, 2.75) is 19.3 Å². The van der Waals surface area contributed by atoms with Gasteiger partial charge in [0.25, 0.3) is 0 Å². The monoisotopic (exact) mass is 389 g/mol. The summed E-state index contributed by atoms with van der Waals surface area (Å²) < 4.78 is 0. The van der Waals surface area contributed by atoms with E-state index < -0.39 is 0 Å². The van der Waals surface area contributed by atoms with Gasteiger partial charge in [-0.1, -0.05) is 24.3 Å². The molecule has 0 radical (unpaired) electrons. The van der Waals surface area contributed by atoms with E-state index in [4.69, 9.17) is 0 Å². The molecule has 0 bridgehead atoms. The predicted octanol–water partition coefficient (Wildman–Crippen LogP) is 3.57. The summed E-state index contributed by atoms with van der Waals surface area (Å²) in [6, 6.07) is 16.0. The van der Waals surface area contributed by atoms with Crippen LogP contribution in [0.5, 0.6) is 5.75 Å². The van der Waals surface area contributed by atoms with Crippen LogP contribution in [0.3, 0.4) is 0 Å². The largest absolute Gasteiger partial charge is 0.508 e. The van der Waals surface area contributed by atoms with Crippen LogP contribution in [0.15, 0.2) is 54.6 Å². The van der Waals surface area contributed by atoms with E-state index in [2.05, 4.69) is 32.0 Å². The lowest BCUT2D eigenvalue weighted by Gasteiger charge is -2.17. The van der Waals surface area contributed by atoms with Crippen LogP contribution in [-0.2, 0) is 12.8 Å². The van der Waals surface area contributed by atoms with Gasteiger partial charge in [-0.3, -0.25) is 5.32 Å². The van der Waals surface area contributed by atoms with Gasteiger partial charge in [0.1, 0.15) is 17.4 Å². The first-order valence-electron chi connectivity index (χ1n) is 9.71. The molecule has 0 atom stereocenters. The van der Waals surface area contributed by atoms with Gasteiger partial charge < -0.3 is 15.7 Å². The first-order chi connectivity index (χ1) is 14.2. The summed E-state index contributed by atoms with van der Waals surface area (Å²) in [7, 11) is 0. The van der Waals surface area contributed by atoms with Gasteiger partial charge in [-0.25, -0.2) is 14.8 Å². The minimum absolute atomic E-state index is 0.173. The molecule has 1 aliphatic heterocycles. The molecule has 0 fully saturated rings. The fourth-order valence-electron chi connectivity index (χ4n) is 3.30. The maximum atomic E-state index is 12.2. The van der Waals surface area contributed by atoms with Crippen molar-refractivity contribution >= 4 is 17.7 Å². The van der Waals surface area contributed by atoms with Crippen LogP contribution in [0.2, 0.25) is 0 Å². The number of nitrogens with one attached hydrogen (secondary N) is 3. The Morgan fingerprint density at radius 1 is 1.10 bits per heavy atom. The van der Waals surface area contributed by atoms with Gasteiger partial charge in [0.05, 0.1) is 5.69 Å². The fraction of sp³-hybridized carbons (Fsp3) is 0.227. The highest BCUT2D eigenvalue weighted by Crippen LogP contribution is 2.22. The molecular weight excluding hydrogens is 366 g/mol. The average molecular weight is 389 g/mol. The van der Waals surface area contributed by atoms with Gasteiger partial charge in [0, 0.05) is 30.8 Å². The topological polar surface area (TPSA) is 99.2 Å². The Labute approximate surface area is 169 Å². The van der Waals surface area contributed by atoms with Crippen molar-refractivity contribution in [2.75, 3.05) is 23.7 Å². The molecule has 29 heavy (non-hydrogen) atoms. The Hall–Kier alpha value is -3.61. The fourth-order valence-corrected chi connectivity index (χ4v) is 3.30. The number of pyridine rings is 2. The summed E-state index contributed by atoms with van der Waals surface area (Å²) in [6.45, 7) is 1.43. The second-order valence-electron chi connectivity index (χ2n) is 6.93. The molecule has 0 saturated carbocycles. The van der Waals surface area contributed by atoms with Crippen molar-refractivity contribution in [1.29, 1.82) is 0 Å². The van der Waals surface area contributed by atoms with Crippen LogP contribution < -0.4 is 16.0 Å². The van der Waals surface area contributed by atoms with Crippen molar-refractivity contribution in [3.05, 3.63) is 65.9 Å². The minimum atomic E-state index is -0.318. The summed E-state index contributed by atoms with van der Waals surface area (Å²) in [4.78, 5) is 21.3. The molecule has 1 aliphatic rings. The molecule has 2 amide bonds. The number of hydrogen-bond acceptors (Lipinski definition) is 5. The van der Waals surface area contributed by atoms with E-state index >= 15 is 0 Å². The molecule has 7 nitrogen and oxygen atoms in total. The van der Waals surface area contributed by atoms with Crippen molar-refractivity contribution in [3.63, 3.8) is 0 Å². The Morgan fingerprint density at radius 3 is 2.90 bits per heavy atom. The van der Waals surface area contributed by atoms with Gasteiger partial charge in [-0.15, -0.1) is 0 Å². The molecular formula is C22H23N5O2. The Balaban J connectivity index is 1.31. The van der Waals surface area contributed by atoms with Gasteiger partial charge in [-0.2, -0.15) is 0 Å². The quantitative estimate of drug-likeness (QED) is 0.535. The number of hydrogen-bond donors (Lipinski definition) is 4. The third-order valence-electron chi connectivity index (χ3n) is 4.75. The zero-order valence-electron chi connectivity index (χ0n) is 16.0. The van der Waals surface area contributed by atoms with Crippen molar-refractivity contribution < 1.29 is 9.90 Å². The number of carbonyl (C=O) groups excluding carboxylic acids is 1. The molecule has 4 rings (SSSR count). The minimum Gasteiger partial charge on any atom is -0.508 e. The lowest BCUT2D eigenvalue weighted by molar-refractivity contribution is 0.252. The van der Waals surface area contributed by atoms with E-state index in [0.29, 0.717) is 24.5 Å². The summed E-state index contributed by atoms with van der Waals surface area (Å²) in [5.41, 5.74) is 3.65. The Kier molecular flexibility index (Phi) is 5.56. The molecule has 2 aromatic heterocycles. The highest BCUT2D eigenvalue weighted by atomic mass is 16.3. The normalized spacial score (nSPS) is 12.6. The smallest absolute Gasteiger partial charge is 0.320 e. The van der Waals surface area contributed by atoms with Crippen LogP contribution in [0.25, 0.3) is 11.3 Å². The van der Waals surface area contributed by atoms with Gasteiger partial charge in [-0.05, 0) is 48.7 Å². The summed E-state index contributed by atoms with van der Waals surface area (Å²) in [5.74, 6) is 1.58. The van der Waals surface area contributed by atoms with Gasteiger partial charge >= 0.3 is 6.03 Å². The van der Waals surface area contributed by atoms with E-state index in [1.54, 1.807) is 24.3 Å². The highest BCUT2D eigenvalue weighted by molar-refractivity contribution is 5.88. The van der Waals surface area contributed by atoms with Crippen LogP contribution in [-0.4, -0.2) is 34.2 Å². The number of urea groups is 1. The summed E-state index contributed by atoms with van der Waals surface area (Å²) in [6.07, 6.45) is 2.85. The standard InChI is InChI=1S/C22H23N5O2/c28-18-6-1-4-16(14-18)19-7-2-8-20(26-19)27-22(29)24-13-11-17-10-9-15-5-3-12-23-21(15)25-17/h1-2,4,6-10,14,28H,3,5,11-13H2,(H,23,25)(H2,24,26,27,29). The molecule has 0 spiro atoms. The summed E-state index contributed by atoms with van der Waals surface area (Å²) >= 11 is 0. The van der Waals surface area contributed by atoms with Crippen LogP contribution in [0.1, 0.15) is 17.7 Å². The Morgan fingerprint density at radius 2 is 2.00 bits per heavy atom. The molecule has 4 N–H and O–H groups in total. The van der Waals surface area contributed by atoms with Gasteiger partial charge in [0.15, 0.2) is 0 Å². The second kappa shape index (κ2) is 8.60. The molecule has 3 aromatic rings. The van der Waals surface area contributed by atoms with Crippen molar-refractivity contribution in [3.8, 4) is 17.0 Å². The number of rotatable bonds is 5. The first-order valence-corrected chi connectivity index (χ1v) is 9.71. The number of phenols is 1. The number of carbonyl (C=O) groups is 1. The molecule has 0 aliphatic carbocycles. The molecule has 1 aromatic carbocycles. The zero-order valence-corrected chi connectivity index (χ0v) is 16.0. The molecule has 148 valence electrons. The first kappa shape index (κ1) is 18.7. The number of aromatic nitrogens is 2. The average Bonchev–Trinajstić information content (AvgIpc) is 2.74. The van der Waals surface area contributed by atoms with Crippen LogP contribution in [0.4, 0.5) is 16.4 Å². The van der Waals surface area contributed by atoms with Crippen molar-refractivity contribution in [2.24, 2.45) is 0 Å². The van der Waals surface area contributed by atoms with Gasteiger partial charge in [0.2, 0.25) is 0 Å². The number of nitrogens with zero attached hydrogens (tertiary/aromatic N) is 2. The number of anilines is 2. The maximum Gasteiger partial charge on any atom is 0.320 e. The number of amides is 2. The molecule has 0 unspecified atom stereocenters. The van der Waals surface area contributed by atoms with E-state index in [1.807, 2.05) is 24.3 Å². The van der Waals surface area contributed by atoms with Crippen LogP contribution >= 0.6 is 0 Å². The van der Waals surface area contributed by atoms with Crippen LogP contribution in [0, 0.1) is 0 Å². The third kappa shape index (κ3) is 4.82. The number of phenolic OH excluding ortho intramolecular Hbond substituents is 1. The lowest BCUT2D eigenvalue weighted by Crippen LogP contribution is -2.31. The van der Waals surface area contributed by atoms with Crippen molar-refractivity contribution in [1.82, 2.24) is 15.3 Å². The van der Waals surface area contributed by atoms with E-state index in [1.165, 1.54) is 5.56 Å². The predicted molar refractivity (Wildman–Crippen MR) is 113 cm³/mol. The Bertz CT molecular complexity index is 1020. The van der Waals surface area contributed by atoms with E-state index in [-0.39, 0.29) is 11.8 Å². The number of aryl methyl sites for hydroxylation is 1. The van der Waals surface area contributed by atoms with E-state index in [0.717, 1.165) is 36.5 Å². The van der Waals surface area contributed by atoms with E-state index in [9.17, 15) is 9.90 Å². The number of aromatic hydroxyl groups is 1. The molecule has 3 heterocycles. The second-order valence-corrected chi connectivity index (χ2v) is 6.93. The summed E-state index contributed by atoms with van der Waals surface area (Å²) in [5, 5.41) is 18.5. The SMILES string of the molecule is O=C(NCCc1ccc2c(n1)NCCC2)Nc1cccc(-c2cccc(O)c2)n1. The maximum absolute atomic E-state index is 12.2. The molecule has 0 saturated heterocycles. The zero-order chi connectivity index (χ0) is 20.1. The third-order valence-corrected chi connectivity index (χ3v) is 4.75. The number of fused-ring (bicyclic) bond motifs is 1. The molecule has 7 heteroatoms. The lowest BCUT2D eigenvalue weighted by atomic mass is 10.1. The number of benzene rings is 1.